The third-order valence-electron chi connectivity index (χ3n) is 4.07. The van der Waals surface area contributed by atoms with Gasteiger partial charge in [0.2, 0.25) is 10.0 Å². The van der Waals surface area contributed by atoms with Crippen molar-refractivity contribution in [3.05, 3.63) is 53.1 Å². The van der Waals surface area contributed by atoms with Gasteiger partial charge in [-0.05, 0) is 54.7 Å². The van der Waals surface area contributed by atoms with Crippen LogP contribution in [0.1, 0.15) is 27.9 Å². The number of rotatable bonds is 4. The Morgan fingerprint density at radius 1 is 1.21 bits per heavy atom. The molecule has 1 aliphatic carbocycles. The number of nitrogens with two attached hydrogens (primary N) is 1. The van der Waals surface area contributed by atoms with Crippen LogP contribution in [0.4, 0.5) is 5.69 Å². The molecule has 0 fully saturated rings. The molecule has 0 unspecified atom stereocenters. The molecule has 0 aromatic heterocycles. The summed E-state index contributed by atoms with van der Waals surface area (Å²) in [5, 5.41) is 8.06. The van der Waals surface area contributed by atoms with Crippen LogP contribution in [0.5, 0.6) is 5.75 Å². The Bertz CT molecular complexity index is 907. The van der Waals surface area contributed by atoms with Crippen molar-refractivity contribution in [1.29, 1.82) is 0 Å². The first-order valence-electron chi connectivity index (χ1n) is 7.52. The van der Waals surface area contributed by atoms with Gasteiger partial charge < -0.3 is 10.1 Å². The van der Waals surface area contributed by atoms with E-state index in [4.69, 9.17) is 9.88 Å². The maximum atomic E-state index is 12.5. The zero-order valence-electron chi connectivity index (χ0n) is 13.2. The number of fused-ring (bicyclic) bond motifs is 1. The third kappa shape index (κ3) is 3.27. The lowest BCUT2D eigenvalue weighted by Gasteiger charge is -2.11. The lowest BCUT2D eigenvalue weighted by atomic mass is 10.1. The zero-order valence-corrected chi connectivity index (χ0v) is 14.0. The molecular formula is C17H18N2O4S. The van der Waals surface area contributed by atoms with Gasteiger partial charge in [0.1, 0.15) is 5.75 Å². The minimum Gasteiger partial charge on any atom is -0.497 e. The number of anilines is 1. The lowest BCUT2D eigenvalue weighted by Crippen LogP contribution is -2.18. The van der Waals surface area contributed by atoms with Crippen LogP contribution in [0, 0.1) is 0 Å². The van der Waals surface area contributed by atoms with Crippen molar-refractivity contribution in [1.82, 2.24) is 0 Å². The standard InChI is InChI=1S/C17H18N2O4S/c1-23-14-6-3-5-13(10-14)19-17(20)12-8-11-4-2-7-15(11)16(9-12)24(18,21)22/h3,5-6,8-10H,2,4,7H2,1H3,(H,19,20)(H2,18,21,22). The van der Waals surface area contributed by atoms with Crippen molar-refractivity contribution in [3.8, 4) is 5.75 Å². The molecule has 0 saturated carbocycles. The summed E-state index contributed by atoms with van der Waals surface area (Å²) >= 11 is 0. The number of ether oxygens (including phenoxy) is 1. The van der Waals surface area contributed by atoms with Crippen molar-refractivity contribution in [2.45, 2.75) is 24.2 Å². The Morgan fingerprint density at radius 3 is 2.71 bits per heavy atom. The molecule has 0 heterocycles. The van der Waals surface area contributed by atoms with E-state index >= 15 is 0 Å². The number of benzene rings is 2. The predicted molar refractivity (Wildman–Crippen MR) is 90.8 cm³/mol. The maximum Gasteiger partial charge on any atom is 0.255 e. The third-order valence-corrected chi connectivity index (χ3v) is 5.05. The predicted octanol–water partition coefficient (Wildman–Crippen LogP) is 2.08. The topological polar surface area (TPSA) is 98.5 Å². The van der Waals surface area contributed by atoms with E-state index < -0.39 is 10.0 Å². The van der Waals surface area contributed by atoms with Gasteiger partial charge in [-0.3, -0.25) is 4.79 Å². The Kier molecular flexibility index (Phi) is 4.29. The van der Waals surface area contributed by atoms with Crippen molar-refractivity contribution in [3.63, 3.8) is 0 Å². The molecule has 3 rings (SSSR count). The van der Waals surface area contributed by atoms with E-state index in [2.05, 4.69) is 5.32 Å². The number of nitrogens with one attached hydrogen (secondary N) is 1. The number of hydrogen-bond acceptors (Lipinski definition) is 4. The van der Waals surface area contributed by atoms with Crippen molar-refractivity contribution in [2.24, 2.45) is 5.14 Å². The summed E-state index contributed by atoms with van der Waals surface area (Å²) in [5.41, 5.74) is 2.45. The van der Waals surface area contributed by atoms with E-state index in [9.17, 15) is 13.2 Å². The second-order valence-corrected chi connectivity index (χ2v) is 7.23. The Labute approximate surface area is 140 Å². The lowest BCUT2D eigenvalue weighted by molar-refractivity contribution is 0.102. The summed E-state index contributed by atoms with van der Waals surface area (Å²) in [6.07, 6.45) is 2.27. The Balaban J connectivity index is 1.96. The van der Waals surface area contributed by atoms with Crippen LogP contribution in [-0.2, 0) is 22.9 Å². The average molecular weight is 346 g/mol. The van der Waals surface area contributed by atoms with E-state index in [1.165, 1.54) is 6.07 Å². The van der Waals surface area contributed by atoms with Crippen LogP contribution in [-0.4, -0.2) is 21.4 Å². The van der Waals surface area contributed by atoms with Crippen LogP contribution < -0.4 is 15.2 Å². The quantitative estimate of drug-likeness (QED) is 0.885. The van der Waals surface area contributed by atoms with Crippen LogP contribution in [0.25, 0.3) is 0 Å². The highest BCUT2D eigenvalue weighted by atomic mass is 32.2. The van der Waals surface area contributed by atoms with E-state index in [0.29, 0.717) is 17.9 Å². The molecule has 7 heteroatoms. The van der Waals surface area contributed by atoms with Gasteiger partial charge in [-0.1, -0.05) is 6.07 Å². The monoisotopic (exact) mass is 346 g/mol. The van der Waals surface area contributed by atoms with Crippen LogP contribution >= 0.6 is 0 Å². The van der Waals surface area contributed by atoms with Gasteiger partial charge in [-0.2, -0.15) is 0 Å². The fourth-order valence-electron chi connectivity index (χ4n) is 2.95. The van der Waals surface area contributed by atoms with Crippen LogP contribution in [0.2, 0.25) is 0 Å². The van der Waals surface area contributed by atoms with Gasteiger partial charge in [0.15, 0.2) is 0 Å². The number of hydrogen-bond donors (Lipinski definition) is 2. The highest BCUT2D eigenvalue weighted by Crippen LogP contribution is 2.30. The fraction of sp³-hybridized carbons (Fsp3) is 0.235. The molecule has 1 aliphatic rings. The molecule has 0 saturated heterocycles. The van der Waals surface area contributed by atoms with Gasteiger partial charge in [0, 0.05) is 17.3 Å². The van der Waals surface area contributed by atoms with E-state index in [1.807, 2.05) is 0 Å². The van der Waals surface area contributed by atoms with Gasteiger partial charge in [-0.25, -0.2) is 13.6 Å². The van der Waals surface area contributed by atoms with E-state index in [-0.39, 0.29) is 16.4 Å². The summed E-state index contributed by atoms with van der Waals surface area (Å²) in [6.45, 7) is 0. The minimum absolute atomic E-state index is 0.0493. The van der Waals surface area contributed by atoms with Crippen molar-refractivity contribution < 1.29 is 17.9 Å². The second-order valence-electron chi connectivity index (χ2n) is 5.70. The molecule has 126 valence electrons. The molecule has 0 radical (unpaired) electrons. The number of carbonyl (C=O) groups excluding carboxylic acids is 1. The van der Waals surface area contributed by atoms with Crippen molar-refractivity contribution in [2.75, 3.05) is 12.4 Å². The SMILES string of the molecule is COc1cccc(NC(=O)c2cc3c(c(S(N)(=O)=O)c2)CCC3)c1. The summed E-state index contributed by atoms with van der Waals surface area (Å²) in [6, 6.07) is 10.0. The molecule has 0 spiro atoms. The van der Waals surface area contributed by atoms with Crippen LogP contribution in [0.3, 0.4) is 0 Å². The first-order chi connectivity index (χ1) is 11.4. The average Bonchev–Trinajstić information content (AvgIpc) is 3.01. The largest absolute Gasteiger partial charge is 0.497 e. The van der Waals surface area contributed by atoms with Gasteiger partial charge in [-0.15, -0.1) is 0 Å². The number of sulfonamides is 1. The maximum absolute atomic E-state index is 12.5. The molecule has 0 atom stereocenters. The molecule has 1 amide bonds. The minimum atomic E-state index is -3.87. The molecule has 2 aromatic carbocycles. The summed E-state index contributed by atoms with van der Waals surface area (Å²) < 4.78 is 28.8. The summed E-state index contributed by atoms with van der Waals surface area (Å²) in [4.78, 5) is 12.6. The Hall–Kier alpha value is -2.38. The molecule has 3 N–H and O–H groups in total. The number of methoxy groups -OCH3 is 1. The fourth-order valence-corrected chi connectivity index (χ4v) is 3.82. The first kappa shape index (κ1) is 16.5. The summed E-state index contributed by atoms with van der Waals surface area (Å²) in [5.74, 6) is 0.231. The van der Waals surface area contributed by atoms with Gasteiger partial charge in [0.05, 0.1) is 12.0 Å². The number of primary sulfonamides is 1. The molecule has 24 heavy (non-hydrogen) atoms. The van der Waals surface area contributed by atoms with E-state index in [0.717, 1.165) is 24.0 Å². The van der Waals surface area contributed by atoms with Crippen molar-refractivity contribution >= 4 is 21.6 Å². The number of carbonyl (C=O) groups is 1. The van der Waals surface area contributed by atoms with Gasteiger partial charge >= 0.3 is 0 Å². The highest BCUT2D eigenvalue weighted by molar-refractivity contribution is 7.89. The van der Waals surface area contributed by atoms with E-state index in [1.54, 1.807) is 37.4 Å². The molecule has 6 nitrogen and oxygen atoms in total. The van der Waals surface area contributed by atoms with Gasteiger partial charge in [0.25, 0.3) is 5.91 Å². The summed E-state index contributed by atoms with van der Waals surface area (Å²) in [7, 11) is -2.33. The number of amides is 1. The molecular weight excluding hydrogens is 328 g/mol. The molecule has 0 aliphatic heterocycles. The smallest absolute Gasteiger partial charge is 0.255 e. The Morgan fingerprint density at radius 2 is 2.00 bits per heavy atom. The second kappa shape index (κ2) is 6.26. The normalized spacial score (nSPS) is 13.4. The highest BCUT2D eigenvalue weighted by Gasteiger charge is 2.24. The first-order valence-corrected chi connectivity index (χ1v) is 9.07. The molecule has 0 bridgehead atoms. The van der Waals surface area contributed by atoms with Crippen LogP contribution in [0.15, 0.2) is 41.3 Å². The molecule has 2 aromatic rings. The number of aryl methyl sites for hydroxylation is 1. The zero-order chi connectivity index (χ0) is 17.3.